The van der Waals surface area contributed by atoms with E-state index in [-0.39, 0.29) is 6.61 Å². The summed E-state index contributed by atoms with van der Waals surface area (Å²) < 4.78 is 13.9. The fraction of sp³-hybridized carbons (Fsp3) is 0.500. The predicted octanol–water partition coefficient (Wildman–Crippen LogP) is 1.56. The Morgan fingerprint density at radius 1 is 1.25 bits per heavy atom. The van der Waals surface area contributed by atoms with Crippen molar-refractivity contribution in [3.8, 4) is 0 Å². The van der Waals surface area contributed by atoms with Gasteiger partial charge in [-0.05, 0) is 31.9 Å². The average Bonchev–Trinajstić information content (AvgIpc) is 2.16. The molecule has 4 heteroatoms. The van der Waals surface area contributed by atoms with E-state index in [9.17, 15) is 4.21 Å². The Bertz CT molecular complexity index is 381. The molecule has 0 radical (unpaired) electrons. The number of rotatable bonds is 4. The maximum Gasteiger partial charge on any atom is 0.127 e. The topological polar surface area (TPSA) is 40.5 Å². The van der Waals surface area contributed by atoms with Crippen LogP contribution in [-0.4, -0.2) is 33.8 Å². The lowest BCUT2D eigenvalue weighted by molar-refractivity contribution is 0.270. The maximum atomic E-state index is 12.2. The van der Waals surface area contributed by atoms with Crippen LogP contribution in [0.1, 0.15) is 16.7 Å². The van der Waals surface area contributed by atoms with Crippen molar-refractivity contribution in [2.24, 2.45) is 0 Å². The summed E-state index contributed by atoms with van der Waals surface area (Å²) in [6.45, 7) is 6.41. The highest BCUT2D eigenvalue weighted by molar-refractivity contribution is 7.82. The summed E-state index contributed by atoms with van der Waals surface area (Å²) in [5.74, 6) is 0. The highest BCUT2D eigenvalue weighted by Crippen LogP contribution is 2.21. The van der Waals surface area contributed by atoms with Gasteiger partial charge in [0.05, 0.1) is 11.5 Å². The number of nitrogens with zero attached hydrogens (tertiary/aromatic N) is 1. The van der Waals surface area contributed by atoms with Gasteiger partial charge in [0.15, 0.2) is 0 Å². The molecule has 0 saturated carbocycles. The average molecular weight is 241 g/mol. The first-order valence-corrected chi connectivity index (χ1v) is 6.39. The number of aryl methyl sites for hydroxylation is 3. The first-order chi connectivity index (χ1) is 7.47. The van der Waals surface area contributed by atoms with Gasteiger partial charge >= 0.3 is 0 Å². The molecule has 0 spiro atoms. The molecule has 1 N–H and O–H groups in total. The van der Waals surface area contributed by atoms with Crippen LogP contribution in [-0.2, 0) is 11.0 Å². The van der Waals surface area contributed by atoms with Crippen molar-refractivity contribution >= 4 is 11.0 Å². The molecule has 0 fully saturated rings. The van der Waals surface area contributed by atoms with Crippen LogP contribution in [0.4, 0.5) is 0 Å². The molecule has 3 nitrogen and oxygen atoms in total. The molecule has 0 amide bonds. The molecule has 0 aliphatic rings. The van der Waals surface area contributed by atoms with E-state index in [4.69, 9.17) is 5.11 Å². The van der Waals surface area contributed by atoms with Crippen molar-refractivity contribution in [2.45, 2.75) is 25.7 Å². The van der Waals surface area contributed by atoms with E-state index >= 15 is 0 Å². The molecule has 1 atom stereocenters. The Morgan fingerprint density at radius 2 is 1.75 bits per heavy atom. The molecule has 0 saturated heterocycles. The molecular formula is C12H19NO2S. The number of hydrogen-bond donors (Lipinski definition) is 1. The van der Waals surface area contributed by atoms with Crippen LogP contribution in [0.2, 0.25) is 0 Å². The molecule has 0 aliphatic carbocycles. The smallest absolute Gasteiger partial charge is 0.127 e. The minimum Gasteiger partial charge on any atom is -0.395 e. The minimum absolute atomic E-state index is 0.0200. The van der Waals surface area contributed by atoms with Crippen LogP contribution in [0.3, 0.4) is 0 Å². The standard InChI is InChI=1S/C12H19NO2S/c1-9-7-10(2)12(11(3)8-9)16(15)13(4)5-6-14/h7-8,14H,5-6H2,1-4H3. The number of likely N-dealkylation sites (N-methyl/N-ethyl adjacent to an activating group) is 1. The first-order valence-electron chi connectivity index (χ1n) is 5.29. The van der Waals surface area contributed by atoms with Crippen molar-refractivity contribution in [1.29, 1.82) is 0 Å². The highest BCUT2D eigenvalue weighted by Gasteiger charge is 2.15. The third-order valence-electron chi connectivity index (χ3n) is 2.48. The lowest BCUT2D eigenvalue weighted by atomic mass is 10.1. The lowest BCUT2D eigenvalue weighted by Crippen LogP contribution is -2.25. The van der Waals surface area contributed by atoms with Gasteiger partial charge in [0, 0.05) is 13.6 Å². The minimum atomic E-state index is -1.19. The highest BCUT2D eigenvalue weighted by atomic mass is 32.2. The number of aliphatic hydroxyl groups excluding tert-OH is 1. The van der Waals surface area contributed by atoms with Gasteiger partial charge in [-0.2, -0.15) is 0 Å². The van der Waals surface area contributed by atoms with E-state index in [1.165, 1.54) is 5.56 Å². The Kier molecular flexibility index (Phi) is 4.65. The van der Waals surface area contributed by atoms with Gasteiger partial charge in [-0.3, -0.25) is 0 Å². The van der Waals surface area contributed by atoms with Gasteiger partial charge in [-0.1, -0.05) is 17.7 Å². The van der Waals surface area contributed by atoms with Gasteiger partial charge in [0.2, 0.25) is 0 Å². The van der Waals surface area contributed by atoms with Crippen LogP contribution >= 0.6 is 0 Å². The number of benzene rings is 1. The van der Waals surface area contributed by atoms with E-state index in [0.29, 0.717) is 6.54 Å². The van der Waals surface area contributed by atoms with E-state index in [2.05, 4.69) is 0 Å². The quantitative estimate of drug-likeness (QED) is 0.869. The molecule has 0 bridgehead atoms. The largest absolute Gasteiger partial charge is 0.395 e. The van der Waals surface area contributed by atoms with Gasteiger partial charge < -0.3 is 5.11 Å². The Balaban J connectivity index is 3.08. The molecule has 1 rings (SSSR count). The Labute approximate surface area is 99.7 Å². The fourth-order valence-electron chi connectivity index (χ4n) is 1.82. The van der Waals surface area contributed by atoms with Crippen LogP contribution in [0.15, 0.2) is 17.0 Å². The van der Waals surface area contributed by atoms with Crippen molar-refractivity contribution in [3.05, 3.63) is 28.8 Å². The molecule has 0 heterocycles. The van der Waals surface area contributed by atoms with Crippen LogP contribution < -0.4 is 0 Å². The summed E-state index contributed by atoms with van der Waals surface area (Å²) in [5.41, 5.74) is 3.27. The fourth-order valence-corrected chi connectivity index (χ4v) is 3.05. The Hall–Kier alpha value is -0.710. The summed E-state index contributed by atoms with van der Waals surface area (Å²) in [6, 6.07) is 4.07. The first kappa shape index (κ1) is 13.4. The molecule has 1 unspecified atom stereocenters. The lowest BCUT2D eigenvalue weighted by Gasteiger charge is -2.18. The van der Waals surface area contributed by atoms with Crippen molar-refractivity contribution in [1.82, 2.24) is 4.31 Å². The second-order valence-corrected chi connectivity index (χ2v) is 5.58. The van der Waals surface area contributed by atoms with E-state index < -0.39 is 11.0 Å². The Morgan fingerprint density at radius 3 is 2.19 bits per heavy atom. The second kappa shape index (κ2) is 5.57. The summed E-state index contributed by atoms with van der Waals surface area (Å²) >= 11 is 0. The molecule has 1 aromatic rings. The molecule has 16 heavy (non-hydrogen) atoms. The van der Waals surface area contributed by atoms with Crippen molar-refractivity contribution in [2.75, 3.05) is 20.2 Å². The second-order valence-electron chi connectivity index (χ2n) is 4.05. The van der Waals surface area contributed by atoms with E-state index in [1.54, 1.807) is 11.4 Å². The van der Waals surface area contributed by atoms with Crippen molar-refractivity contribution < 1.29 is 9.32 Å². The molecule has 1 aromatic carbocycles. The molecule has 0 aromatic heterocycles. The third kappa shape index (κ3) is 2.90. The molecular weight excluding hydrogens is 222 g/mol. The van der Waals surface area contributed by atoms with Gasteiger partial charge in [0.1, 0.15) is 11.0 Å². The van der Waals surface area contributed by atoms with Crippen LogP contribution in [0.5, 0.6) is 0 Å². The summed E-state index contributed by atoms with van der Waals surface area (Å²) in [7, 11) is 0.569. The van der Waals surface area contributed by atoms with Crippen LogP contribution in [0, 0.1) is 20.8 Å². The predicted molar refractivity (Wildman–Crippen MR) is 66.8 cm³/mol. The zero-order valence-electron chi connectivity index (χ0n) is 10.3. The van der Waals surface area contributed by atoms with E-state index in [0.717, 1.165) is 16.0 Å². The number of aliphatic hydroxyl groups is 1. The van der Waals surface area contributed by atoms with Gasteiger partial charge in [-0.25, -0.2) is 8.51 Å². The van der Waals surface area contributed by atoms with Gasteiger partial charge in [-0.15, -0.1) is 0 Å². The zero-order chi connectivity index (χ0) is 12.3. The van der Waals surface area contributed by atoms with Crippen molar-refractivity contribution in [3.63, 3.8) is 0 Å². The normalized spacial score (nSPS) is 13.1. The third-order valence-corrected chi connectivity index (χ3v) is 4.22. The SMILES string of the molecule is Cc1cc(C)c(S(=O)N(C)CCO)c(C)c1. The van der Waals surface area contributed by atoms with E-state index in [1.807, 2.05) is 32.9 Å². The monoisotopic (exact) mass is 241 g/mol. The number of hydrogen-bond acceptors (Lipinski definition) is 2. The molecule has 90 valence electrons. The summed E-state index contributed by atoms with van der Waals surface area (Å²) in [6.07, 6.45) is 0. The van der Waals surface area contributed by atoms with Crippen LogP contribution in [0.25, 0.3) is 0 Å². The zero-order valence-corrected chi connectivity index (χ0v) is 11.1. The molecule has 0 aliphatic heterocycles. The maximum absolute atomic E-state index is 12.2. The summed E-state index contributed by atoms with van der Waals surface area (Å²) in [4.78, 5) is 0.863. The summed E-state index contributed by atoms with van der Waals surface area (Å²) in [5, 5.41) is 8.84. The van der Waals surface area contributed by atoms with Gasteiger partial charge in [0.25, 0.3) is 0 Å².